The van der Waals surface area contributed by atoms with Gasteiger partial charge < -0.3 is 10.1 Å². The smallest absolute Gasteiger partial charge is 0.0662 e. The van der Waals surface area contributed by atoms with Crippen molar-refractivity contribution in [3.8, 4) is 0 Å². The van der Waals surface area contributed by atoms with Crippen molar-refractivity contribution in [1.29, 1.82) is 0 Å². The highest BCUT2D eigenvalue weighted by atomic mass is 16.5. The SMILES string of the molecule is Cc1ccc([C@@H]2COCCN2)c(C)n1. The van der Waals surface area contributed by atoms with E-state index in [-0.39, 0.29) is 0 Å². The van der Waals surface area contributed by atoms with Crippen LogP contribution in [0.15, 0.2) is 12.1 Å². The largest absolute Gasteiger partial charge is 0.378 e. The molecule has 76 valence electrons. The molecule has 0 aliphatic carbocycles. The van der Waals surface area contributed by atoms with Crippen molar-refractivity contribution in [1.82, 2.24) is 10.3 Å². The molecule has 0 spiro atoms. The van der Waals surface area contributed by atoms with E-state index in [0.717, 1.165) is 31.1 Å². The molecule has 14 heavy (non-hydrogen) atoms. The van der Waals surface area contributed by atoms with Gasteiger partial charge in [-0.1, -0.05) is 6.07 Å². The van der Waals surface area contributed by atoms with Gasteiger partial charge >= 0.3 is 0 Å². The predicted octanol–water partition coefficient (Wildman–Crippen LogP) is 1.36. The third-order valence-electron chi connectivity index (χ3n) is 2.56. The lowest BCUT2D eigenvalue weighted by molar-refractivity contribution is 0.0765. The molecule has 0 amide bonds. The summed E-state index contributed by atoms with van der Waals surface area (Å²) in [4.78, 5) is 4.45. The van der Waals surface area contributed by atoms with E-state index in [2.05, 4.69) is 29.4 Å². The zero-order valence-electron chi connectivity index (χ0n) is 8.71. The van der Waals surface area contributed by atoms with Gasteiger partial charge in [-0.15, -0.1) is 0 Å². The van der Waals surface area contributed by atoms with Crippen LogP contribution in [0.25, 0.3) is 0 Å². The van der Waals surface area contributed by atoms with Gasteiger partial charge in [0.05, 0.1) is 19.3 Å². The Hall–Kier alpha value is -0.930. The first-order valence-corrected chi connectivity index (χ1v) is 5.02. The zero-order valence-corrected chi connectivity index (χ0v) is 8.71. The highest BCUT2D eigenvalue weighted by molar-refractivity contribution is 5.25. The molecule has 1 aliphatic rings. The first-order valence-electron chi connectivity index (χ1n) is 5.02. The molecule has 0 aromatic carbocycles. The van der Waals surface area contributed by atoms with Crippen LogP contribution in [0.2, 0.25) is 0 Å². The number of nitrogens with one attached hydrogen (secondary N) is 1. The summed E-state index contributed by atoms with van der Waals surface area (Å²) in [6.07, 6.45) is 0. The molecule has 2 heterocycles. The van der Waals surface area contributed by atoms with Crippen molar-refractivity contribution in [2.45, 2.75) is 19.9 Å². The zero-order chi connectivity index (χ0) is 9.97. The van der Waals surface area contributed by atoms with Crippen LogP contribution in [0.5, 0.6) is 0 Å². The fourth-order valence-corrected chi connectivity index (χ4v) is 1.83. The minimum atomic E-state index is 0.317. The second kappa shape index (κ2) is 4.07. The highest BCUT2D eigenvalue weighted by Crippen LogP contribution is 2.18. The Balaban J connectivity index is 2.22. The molecular weight excluding hydrogens is 176 g/mol. The Morgan fingerprint density at radius 2 is 2.29 bits per heavy atom. The summed E-state index contributed by atoms with van der Waals surface area (Å²) in [6, 6.07) is 4.51. The van der Waals surface area contributed by atoms with Crippen LogP contribution < -0.4 is 5.32 Å². The normalized spacial score (nSPS) is 22.3. The van der Waals surface area contributed by atoms with Gasteiger partial charge in [0, 0.05) is 17.9 Å². The van der Waals surface area contributed by atoms with Crippen molar-refractivity contribution in [3.05, 3.63) is 29.1 Å². The molecule has 0 radical (unpaired) electrons. The maximum atomic E-state index is 5.43. The molecule has 1 aromatic rings. The molecule has 0 unspecified atom stereocenters. The molecule has 0 saturated carbocycles. The predicted molar refractivity (Wildman–Crippen MR) is 55.3 cm³/mol. The second-order valence-electron chi connectivity index (χ2n) is 3.71. The number of nitrogens with zero attached hydrogens (tertiary/aromatic N) is 1. The fraction of sp³-hybridized carbons (Fsp3) is 0.545. The van der Waals surface area contributed by atoms with E-state index < -0.39 is 0 Å². The molecule has 1 aromatic heterocycles. The summed E-state index contributed by atoms with van der Waals surface area (Å²) in [5.74, 6) is 0. The summed E-state index contributed by atoms with van der Waals surface area (Å²) in [6.45, 7) is 6.57. The first kappa shape index (κ1) is 9.62. The van der Waals surface area contributed by atoms with E-state index in [1.165, 1.54) is 5.56 Å². The third kappa shape index (κ3) is 1.94. The molecule has 1 fully saturated rings. The number of ether oxygens (including phenoxy) is 1. The van der Waals surface area contributed by atoms with Crippen LogP contribution in [-0.2, 0) is 4.74 Å². The molecule has 3 heteroatoms. The lowest BCUT2D eigenvalue weighted by Crippen LogP contribution is -2.35. The average molecular weight is 192 g/mol. The van der Waals surface area contributed by atoms with E-state index >= 15 is 0 Å². The van der Waals surface area contributed by atoms with Crippen LogP contribution in [0.4, 0.5) is 0 Å². The van der Waals surface area contributed by atoms with Gasteiger partial charge in [0.1, 0.15) is 0 Å². The number of hydrogen-bond donors (Lipinski definition) is 1. The Labute approximate surface area is 84.5 Å². The van der Waals surface area contributed by atoms with Crippen molar-refractivity contribution in [2.75, 3.05) is 19.8 Å². The van der Waals surface area contributed by atoms with E-state index in [1.54, 1.807) is 0 Å². The summed E-state index contributed by atoms with van der Waals surface area (Å²) in [5, 5.41) is 3.43. The van der Waals surface area contributed by atoms with Crippen molar-refractivity contribution >= 4 is 0 Å². The van der Waals surface area contributed by atoms with Crippen molar-refractivity contribution < 1.29 is 4.74 Å². The molecule has 1 aliphatic heterocycles. The van der Waals surface area contributed by atoms with Gasteiger partial charge in [0.15, 0.2) is 0 Å². The van der Waals surface area contributed by atoms with E-state index in [0.29, 0.717) is 6.04 Å². The number of morpholine rings is 1. The number of hydrogen-bond acceptors (Lipinski definition) is 3. The lowest BCUT2D eigenvalue weighted by Gasteiger charge is -2.25. The van der Waals surface area contributed by atoms with Gasteiger partial charge in [-0.2, -0.15) is 0 Å². The monoisotopic (exact) mass is 192 g/mol. The number of aryl methyl sites for hydroxylation is 2. The van der Waals surface area contributed by atoms with Gasteiger partial charge in [0.2, 0.25) is 0 Å². The van der Waals surface area contributed by atoms with E-state index in [4.69, 9.17) is 4.74 Å². The Morgan fingerprint density at radius 1 is 1.43 bits per heavy atom. The van der Waals surface area contributed by atoms with Crippen molar-refractivity contribution in [3.63, 3.8) is 0 Å². The van der Waals surface area contributed by atoms with Gasteiger partial charge in [-0.25, -0.2) is 0 Å². The molecule has 3 nitrogen and oxygen atoms in total. The summed E-state index contributed by atoms with van der Waals surface area (Å²) in [5.41, 5.74) is 3.44. The summed E-state index contributed by atoms with van der Waals surface area (Å²) >= 11 is 0. The Bertz CT molecular complexity index is 319. The molecule has 0 bridgehead atoms. The van der Waals surface area contributed by atoms with Crippen LogP contribution in [0, 0.1) is 13.8 Å². The van der Waals surface area contributed by atoms with Crippen LogP contribution >= 0.6 is 0 Å². The molecule has 1 saturated heterocycles. The standard InChI is InChI=1S/C11H16N2O/c1-8-3-4-10(9(2)13-8)11-7-14-6-5-12-11/h3-4,11-12H,5-7H2,1-2H3/t11-/m0/s1. The fourth-order valence-electron chi connectivity index (χ4n) is 1.83. The molecular formula is C11H16N2O. The van der Waals surface area contributed by atoms with Crippen LogP contribution in [0.1, 0.15) is 23.0 Å². The minimum Gasteiger partial charge on any atom is -0.378 e. The van der Waals surface area contributed by atoms with Crippen LogP contribution in [0.3, 0.4) is 0 Å². The van der Waals surface area contributed by atoms with Crippen LogP contribution in [-0.4, -0.2) is 24.7 Å². The quantitative estimate of drug-likeness (QED) is 0.729. The second-order valence-corrected chi connectivity index (χ2v) is 3.71. The highest BCUT2D eigenvalue weighted by Gasteiger charge is 2.17. The molecule has 1 N–H and O–H groups in total. The summed E-state index contributed by atoms with van der Waals surface area (Å²) < 4.78 is 5.43. The van der Waals surface area contributed by atoms with Crippen molar-refractivity contribution in [2.24, 2.45) is 0 Å². The summed E-state index contributed by atoms with van der Waals surface area (Å²) in [7, 11) is 0. The number of aromatic nitrogens is 1. The lowest BCUT2D eigenvalue weighted by atomic mass is 10.1. The van der Waals surface area contributed by atoms with E-state index in [9.17, 15) is 0 Å². The Kier molecular flexibility index (Phi) is 2.79. The number of pyridine rings is 1. The van der Waals surface area contributed by atoms with Gasteiger partial charge in [0.25, 0.3) is 0 Å². The maximum Gasteiger partial charge on any atom is 0.0662 e. The third-order valence-corrected chi connectivity index (χ3v) is 2.56. The average Bonchev–Trinajstić information content (AvgIpc) is 2.19. The number of rotatable bonds is 1. The van der Waals surface area contributed by atoms with Gasteiger partial charge in [-0.3, -0.25) is 4.98 Å². The molecule has 1 atom stereocenters. The maximum absolute atomic E-state index is 5.43. The first-order chi connectivity index (χ1) is 6.77. The molecule has 2 rings (SSSR count). The Morgan fingerprint density at radius 3 is 2.93 bits per heavy atom. The minimum absolute atomic E-state index is 0.317. The van der Waals surface area contributed by atoms with E-state index in [1.807, 2.05) is 6.92 Å². The topological polar surface area (TPSA) is 34.1 Å². The van der Waals surface area contributed by atoms with Gasteiger partial charge in [-0.05, 0) is 25.5 Å².